The molecular formula is C18H29ClN2O3. The van der Waals surface area contributed by atoms with Crippen molar-refractivity contribution in [1.82, 2.24) is 10.6 Å². The van der Waals surface area contributed by atoms with Gasteiger partial charge in [-0.3, -0.25) is 4.79 Å². The average Bonchev–Trinajstić information content (AvgIpc) is 3.07. The van der Waals surface area contributed by atoms with Crippen LogP contribution >= 0.6 is 12.4 Å². The Morgan fingerprint density at radius 3 is 2.67 bits per heavy atom. The van der Waals surface area contributed by atoms with Gasteiger partial charge in [-0.2, -0.15) is 0 Å². The highest BCUT2D eigenvalue weighted by Crippen LogP contribution is 2.41. The number of ether oxygens (including phenoxy) is 2. The van der Waals surface area contributed by atoms with Crippen molar-refractivity contribution in [3.63, 3.8) is 0 Å². The van der Waals surface area contributed by atoms with Gasteiger partial charge in [0.2, 0.25) is 5.91 Å². The second-order valence-corrected chi connectivity index (χ2v) is 6.17. The van der Waals surface area contributed by atoms with Crippen LogP contribution in [0.15, 0.2) is 24.3 Å². The van der Waals surface area contributed by atoms with Gasteiger partial charge in [-0.1, -0.05) is 25.0 Å². The summed E-state index contributed by atoms with van der Waals surface area (Å²) in [5, 5.41) is 6.17. The summed E-state index contributed by atoms with van der Waals surface area (Å²) in [6.45, 7) is 2.31. The van der Waals surface area contributed by atoms with Crippen molar-refractivity contribution < 1.29 is 14.3 Å². The Hall–Kier alpha value is -1.30. The first-order chi connectivity index (χ1) is 11.2. The first kappa shape index (κ1) is 20.7. The van der Waals surface area contributed by atoms with Crippen LogP contribution in [0.4, 0.5) is 0 Å². The third kappa shape index (κ3) is 5.65. The van der Waals surface area contributed by atoms with Crippen molar-refractivity contribution in [3.05, 3.63) is 29.8 Å². The van der Waals surface area contributed by atoms with Gasteiger partial charge in [-0.25, -0.2) is 0 Å². The van der Waals surface area contributed by atoms with Gasteiger partial charge in [0, 0.05) is 25.6 Å². The topological polar surface area (TPSA) is 59.6 Å². The van der Waals surface area contributed by atoms with E-state index in [9.17, 15) is 4.79 Å². The molecule has 1 amide bonds. The van der Waals surface area contributed by atoms with Crippen LogP contribution in [0.25, 0.3) is 0 Å². The second kappa shape index (κ2) is 10.5. The maximum absolute atomic E-state index is 12.0. The quantitative estimate of drug-likeness (QED) is 0.666. The molecule has 0 heterocycles. The standard InChI is InChI=1S/C18H28N2O3.ClH/c1-22-11-10-19-13-17(21)20-14-18(8-3-4-9-18)15-6-5-7-16(12-15)23-2;/h5-7,12,19H,3-4,8-11,13-14H2,1-2H3,(H,20,21);1H. The number of carbonyl (C=O) groups excluding carboxylic acids is 1. The number of methoxy groups -OCH3 is 2. The molecule has 1 saturated carbocycles. The van der Waals surface area contributed by atoms with Gasteiger partial charge in [0.1, 0.15) is 5.75 Å². The fourth-order valence-electron chi connectivity index (χ4n) is 3.28. The smallest absolute Gasteiger partial charge is 0.233 e. The molecule has 6 heteroatoms. The molecule has 1 fully saturated rings. The van der Waals surface area contributed by atoms with Crippen LogP contribution in [0.2, 0.25) is 0 Å². The minimum atomic E-state index is 0. The number of benzene rings is 1. The molecule has 1 aliphatic rings. The highest BCUT2D eigenvalue weighted by molar-refractivity contribution is 5.85. The number of halogens is 1. The molecule has 0 atom stereocenters. The van der Waals surface area contributed by atoms with Crippen LogP contribution < -0.4 is 15.4 Å². The Morgan fingerprint density at radius 2 is 2.00 bits per heavy atom. The SMILES string of the molecule is COCCNCC(=O)NCC1(c2cccc(OC)c2)CCCC1.Cl. The fraction of sp³-hybridized carbons (Fsp3) is 0.611. The Kier molecular flexibility index (Phi) is 9.11. The summed E-state index contributed by atoms with van der Waals surface area (Å²) in [6, 6.07) is 8.25. The van der Waals surface area contributed by atoms with Gasteiger partial charge in [-0.05, 0) is 30.5 Å². The molecule has 136 valence electrons. The molecule has 24 heavy (non-hydrogen) atoms. The number of carbonyl (C=O) groups is 1. The summed E-state index contributed by atoms with van der Waals surface area (Å²) in [7, 11) is 3.34. The zero-order valence-electron chi connectivity index (χ0n) is 14.6. The van der Waals surface area contributed by atoms with E-state index < -0.39 is 0 Å². The maximum Gasteiger partial charge on any atom is 0.233 e. The van der Waals surface area contributed by atoms with Crippen molar-refractivity contribution in [2.24, 2.45) is 0 Å². The van der Waals surface area contributed by atoms with Crippen LogP contribution in [0.3, 0.4) is 0 Å². The zero-order chi connectivity index (χ0) is 16.5. The number of amides is 1. The van der Waals surface area contributed by atoms with E-state index in [-0.39, 0.29) is 23.7 Å². The number of rotatable bonds is 9. The lowest BCUT2D eigenvalue weighted by molar-refractivity contribution is -0.120. The summed E-state index contributed by atoms with van der Waals surface area (Å²) >= 11 is 0. The predicted octanol–water partition coefficient (Wildman–Crippen LogP) is 2.28. The minimum absolute atomic E-state index is 0. The van der Waals surface area contributed by atoms with E-state index in [1.807, 2.05) is 12.1 Å². The summed E-state index contributed by atoms with van der Waals surface area (Å²) in [6.07, 6.45) is 4.63. The van der Waals surface area contributed by atoms with Crippen LogP contribution in [0.5, 0.6) is 5.75 Å². The molecule has 1 aromatic rings. The average molecular weight is 357 g/mol. The number of hydrogen-bond acceptors (Lipinski definition) is 4. The number of hydrogen-bond donors (Lipinski definition) is 2. The molecule has 0 aromatic heterocycles. The van der Waals surface area contributed by atoms with Crippen LogP contribution in [-0.2, 0) is 14.9 Å². The highest BCUT2D eigenvalue weighted by atomic mass is 35.5. The summed E-state index contributed by atoms with van der Waals surface area (Å²) in [5.74, 6) is 0.914. The van der Waals surface area contributed by atoms with Crippen LogP contribution in [0, 0.1) is 0 Å². The summed E-state index contributed by atoms with van der Waals surface area (Å²) in [5.41, 5.74) is 1.30. The van der Waals surface area contributed by atoms with Gasteiger partial charge >= 0.3 is 0 Å². The van der Waals surface area contributed by atoms with E-state index in [0.717, 1.165) is 18.6 Å². The van der Waals surface area contributed by atoms with E-state index in [0.29, 0.717) is 26.2 Å². The van der Waals surface area contributed by atoms with E-state index >= 15 is 0 Å². The third-order valence-corrected chi connectivity index (χ3v) is 4.64. The monoisotopic (exact) mass is 356 g/mol. The molecule has 0 aliphatic heterocycles. The Bertz CT molecular complexity index is 505. The molecule has 0 radical (unpaired) electrons. The van der Waals surface area contributed by atoms with Crippen LogP contribution in [-0.4, -0.2) is 46.4 Å². The molecule has 5 nitrogen and oxygen atoms in total. The Balaban J connectivity index is 0.00000288. The lowest BCUT2D eigenvalue weighted by atomic mass is 9.78. The van der Waals surface area contributed by atoms with Crippen LogP contribution in [0.1, 0.15) is 31.2 Å². The van der Waals surface area contributed by atoms with Gasteiger partial charge in [-0.15, -0.1) is 12.4 Å². The normalized spacial score (nSPS) is 15.6. The lowest BCUT2D eigenvalue weighted by Gasteiger charge is -2.30. The number of nitrogens with one attached hydrogen (secondary N) is 2. The first-order valence-corrected chi connectivity index (χ1v) is 8.31. The Morgan fingerprint density at radius 1 is 1.25 bits per heavy atom. The largest absolute Gasteiger partial charge is 0.497 e. The predicted molar refractivity (Wildman–Crippen MR) is 98.1 cm³/mol. The van der Waals surface area contributed by atoms with Gasteiger partial charge in [0.15, 0.2) is 0 Å². The molecular weight excluding hydrogens is 328 g/mol. The second-order valence-electron chi connectivity index (χ2n) is 6.17. The lowest BCUT2D eigenvalue weighted by Crippen LogP contribution is -2.42. The van der Waals surface area contributed by atoms with E-state index in [2.05, 4.69) is 22.8 Å². The summed E-state index contributed by atoms with van der Waals surface area (Å²) < 4.78 is 10.3. The molecule has 2 rings (SSSR count). The highest BCUT2D eigenvalue weighted by Gasteiger charge is 2.36. The molecule has 2 N–H and O–H groups in total. The minimum Gasteiger partial charge on any atom is -0.497 e. The van der Waals surface area contributed by atoms with Gasteiger partial charge in [0.25, 0.3) is 0 Å². The summed E-state index contributed by atoms with van der Waals surface area (Å²) in [4.78, 5) is 12.0. The Labute approximate surface area is 150 Å². The molecule has 1 aromatic carbocycles. The molecule has 1 aliphatic carbocycles. The van der Waals surface area contributed by atoms with E-state index in [1.54, 1.807) is 14.2 Å². The van der Waals surface area contributed by atoms with Crippen molar-refractivity contribution in [2.45, 2.75) is 31.1 Å². The van der Waals surface area contributed by atoms with Gasteiger partial charge < -0.3 is 20.1 Å². The van der Waals surface area contributed by atoms with Crippen molar-refractivity contribution in [1.29, 1.82) is 0 Å². The molecule has 0 saturated heterocycles. The van der Waals surface area contributed by atoms with Crippen molar-refractivity contribution in [2.75, 3.05) is 40.5 Å². The zero-order valence-corrected chi connectivity index (χ0v) is 15.4. The molecule has 0 spiro atoms. The fourth-order valence-corrected chi connectivity index (χ4v) is 3.28. The van der Waals surface area contributed by atoms with Crippen molar-refractivity contribution in [3.8, 4) is 5.75 Å². The first-order valence-electron chi connectivity index (χ1n) is 8.31. The molecule has 0 bridgehead atoms. The van der Waals surface area contributed by atoms with Gasteiger partial charge in [0.05, 0.1) is 20.3 Å². The molecule has 0 unspecified atom stereocenters. The maximum atomic E-state index is 12.0. The van der Waals surface area contributed by atoms with E-state index in [4.69, 9.17) is 9.47 Å². The van der Waals surface area contributed by atoms with Crippen molar-refractivity contribution >= 4 is 18.3 Å². The third-order valence-electron chi connectivity index (χ3n) is 4.64. The van der Waals surface area contributed by atoms with E-state index in [1.165, 1.54) is 18.4 Å².